The number of carbonyl (C=O) groups is 1. The van der Waals surface area contributed by atoms with Gasteiger partial charge in [-0.25, -0.2) is 0 Å². The molecule has 0 saturated carbocycles. The smallest absolute Gasteiger partial charge is 0.246 e. The molecule has 0 bridgehead atoms. The number of nitrogens with zero attached hydrogens (tertiary/aromatic N) is 2. The number of amides is 1. The Morgan fingerprint density at radius 2 is 2.08 bits per heavy atom. The molecule has 2 heterocycles. The van der Waals surface area contributed by atoms with E-state index in [1.807, 2.05) is 36.1 Å². The van der Waals surface area contributed by atoms with Gasteiger partial charge < -0.3 is 14.5 Å². The number of benzene rings is 1. The van der Waals surface area contributed by atoms with Crippen molar-refractivity contribution in [3.8, 4) is 5.75 Å². The summed E-state index contributed by atoms with van der Waals surface area (Å²) >= 11 is 3.49. The Kier molecular flexibility index (Phi) is 6.54. The van der Waals surface area contributed by atoms with Crippen molar-refractivity contribution < 1.29 is 9.53 Å². The molecule has 0 spiro atoms. The number of ether oxygens (including phenoxy) is 1. The molecule has 1 aromatic carbocycles. The molecular formula is C20H27BrN2O2. The van der Waals surface area contributed by atoms with Gasteiger partial charge in [-0.1, -0.05) is 15.9 Å². The molecule has 25 heavy (non-hydrogen) atoms. The first-order valence-corrected chi connectivity index (χ1v) is 10.1. The van der Waals surface area contributed by atoms with Gasteiger partial charge >= 0.3 is 0 Å². The standard InChI is InChI=1S/C20H27BrN2O2/c1-2-25-19-9-8-17(21)14-16(19)7-10-20(24)23-13-5-6-18(23)15-22-11-3-4-12-22/h7-10,14,18H,2-6,11-13,15H2,1H3/t18-/m0/s1. The molecule has 0 unspecified atom stereocenters. The van der Waals surface area contributed by atoms with Crippen molar-refractivity contribution >= 4 is 27.9 Å². The van der Waals surface area contributed by atoms with Crippen molar-refractivity contribution in [1.29, 1.82) is 0 Å². The first kappa shape index (κ1) is 18.5. The molecule has 2 saturated heterocycles. The van der Waals surface area contributed by atoms with Crippen LogP contribution in [-0.4, -0.2) is 54.5 Å². The first-order chi connectivity index (χ1) is 12.2. The van der Waals surface area contributed by atoms with E-state index < -0.39 is 0 Å². The Balaban J connectivity index is 1.66. The molecule has 2 fully saturated rings. The highest BCUT2D eigenvalue weighted by Crippen LogP contribution is 2.25. The zero-order valence-corrected chi connectivity index (χ0v) is 16.5. The molecule has 0 aromatic heterocycles. The van der Waals surface area contributed by atoms with E-state index in [0.29, 0.717) is 12.6 Å². The lowest BCUT2D eigenvalue weighted by Gasteiger charge is -2.27. The molecule has 1 atom stereocenters. The summed E-state index contributed by atoms with van der Waals surface area (Å²) in [5, 5.41) is 0. The van der Waals surface area contributed by atoms with E-state index in [-0.39, 0.29) is 5.91 Å². The maximum Gasteiger partial charge on any atom is 0.246 e. The van der Waals surface area contributed by atoms with Crippen LogP contribution in [0.5, 0.6) is 5.75 Å². The molecule has 0 radical (unpaired) electrons. The zero-order chi connectivity index (χ0) is 17.6. The second-order valence-electron chi connectivity index (χ2n) is 6.78. The molecule has 1 aromatic rings. The summed E-state index contributed by atoms with van der Waals surface area (Å²) in [6.07, 6.45) is 8.40. The number of hydrogen-bond donors (Lipinski definition) is 0. The fourth-order valence-corrected chi connectivity index (χ4v) is 4.15. The molecule has 5 heteroatoms. The predicted octanol–water partition coefficient (Wildman–Crippen LogP) is 3.95. The fraction of sp³-hybridized carbons (Fsp3) is 0.550. The van der Waals surface area contributed by atoms with Crippen molar-refractivity contribution in [2.75, 3.05) is 32.8 Å². The fourth-order valence-electron chi connectivity index (χ4n) is 3.77. The van der Waals surface area contributed by atoms with Gasteiger partial charge in [-0.05, 0) is 70.0 Å². The van der Waals surface area contributed by atoms with E-state index in [0.717, 1.165) is 41.7 Å². The van der Waals surface area contributed by atoms with Gasteiger partial charge in [-0.2, -0.15) is 0 Å². The Hall–Kier alpha value is -1.33. The second-order valence-corrected chi connectivity index (χ2v) is 7.70. The zero-order valence-electron chi connectivity index (χ0n) is 14.9. The lowest BCUT2D eigenvalue weighted by Crippen LogP contribution is -2.41. The first-order valence-electron chi connectivity index (χ1n) is 9.30. The van der Waals surface area contributed by atoms with E-state index in [9.17, 15) is 4.79 Å². The molecule has 1 amide bonds. The van der Waals surface area contributed by atoms with Crippen molar-refractivity contribution in [3.63, 3.8) is 0 Å². The second kappa shape index (κ2) is 8.86. The van der Waals surface area contributed by atoms with Crippen LogP contribution in [0.1, 0.15) is 38.2 Å². The van der Waals surface area contributed by atoms with Crippen molar-refractivity contribution in [1.82, 2.24) is 9.80 Å². The number of carbonyl (C=O) groups excluding carboxylic acids is 1. The van der Waals surface area contributed by atoms with Gasteiger partial charge in [0.25, 0.3) is 0 Å². The Morgan fingerprint density at radius 3 is 2.84 bits per heavy atom. The van der Waals surface area contributed by atoms with E-state index in [1.54, 1.807) is 6.08 Å². The largest absolute Gasteiger partial charge is 0.493 e. The summed E-state index contributed by atoms with van der Waals surface area (Å²) in [5.41, 5.74) is 0.930. The minimum absolute atomic E-state index is 0.115. The third kappa shape index (κ3) is 4.85. The quantitative estimate of drug-likeness (QED) is 0.670. The third-order valence-electron chi connectivity index (χ3n) is 5.00. The number of halogens is 1. The highest BCUT2D eigenvalue weighted by Gasteiger charge is 2.29. The van der Waals surface area contributed by atoms with Gasteiger partial charge in [-0.15, -0.1) is 0 Å². The highest BCUT2D eigenvalue weighted by molar-refractivity contribution is 9.10. The highest BCUT2D eigenvalue weighted by atomic mass is 79.9. The molecule has 4 nitrogen and oxygen atoms in total. The van der Waals surface area contributed by atoms with Gasteiger partial charge in [-0.3, -0.25) is 4.79 Å². The summed E-state index contributed by atoms with van der Waals surface area (Å²) in [6.45, 7) is 6.85. The Labute approximate surface area is 159 Å². The van der Waals surface area contributed by atoms with Gasteiger partial charge in [0, 0.05) is 35.2 Å². The molecule has 136 valence electrons. The third-order valence-corrected chi connectivity index (χ3v) is 5.50. The summed E-state index contributed by atoms with van der Waals surface area (Å²) in [5.74, 6) is 0.925. The maximum atomic E-state index is 12.7. The van der Waals surface area contributed by atoms with Crippen LogP contribution >= 0.6 is 15.9 Å². The van der Waals surface area contributed by atoms with Crippen LogP contribution in [0.4, 0.5) is 0 Å². The van der Waals surface area contributed by atoms with Gasteiger partial charge in [0.2, 0.25) is 5.91 Å². The normalized spacial score (nSPS) is 21.4. The Morgan fingerprint density at radius 1 is 1.28 bits per heavy atom. The van der Waals surface area contributed by atoms with Crippen LogP contribution < -0.4 is 4.74 Å². The van der Waals surface area contributed by atoms with Gasteiger partial charge in [0.05, 0.1) is 6.61 Å². The number of rotatable bonds is 6. The SMILES string of the molecule is CCOc1ccc(Br)cc1C=CC(=O)N1CCC[C@H]1CN1CCCC1. The van der Waals surface area contributed by atoms with E-state index in [1.165, 1.54) is 25.9 Å². The number of likely N-dealkylation sites (tertiary alicyclic amines) is 2. The van der Waals surface area contributed by atoms with E-state index >= 15 is 0 Å². The van der Waals surface area contributed by atoms with Crippen LogP contribution in [0.3, 0.4) is 0 Å². The monoisotopic (exact) mass is 406 g/mol. The molecule has 2 aliphatic heterocycles. The summed E-state index contributed by atoms with van der Waals surface area (Å²) < 4.78 is 6.64. The van der Waals surface area contributed by atoms with E-state index in [4.69, 9.17) is 4.74 Å². The minimum atomic E-state index is 0.115. The van der Waals surface area contributed by atoms with Crippen LogP contribution in [0.2, 0.25) is 0 Å². The Bertz CT molecular complexity index is 626. The molecular weight excluding hydrogens is 380 g/mol. The van der Waals surface area contributed by atoms with Crippen LogP contribution in [-0.2, 0) is 4.79 Å². The molecule has 3 rings (SSSR count). The topological polar surface area (TPSA) is 32.8 Å². The summed E-state index contributed by atoms with van der Waals surface area (Å²) in [6, 6.07) is 6.24. The maximum absolute atomic E-state index is 12.7. The van der Waals surface area contributed by atoms with Crippen molar-refractivity contribution in [2.24, 2.45) is 0 Å². The van der Waals surface area contributed by atoms with Crippen LogP contribution in [0, 0.1) is 0 Å². The van der Waals surface area contributed by atoms with Crippen LogP contribution in [0.15, 0.2) is 28.7 Å². The van der Waals surface area contributed by atoms with E-state index in [2.05, 4.69) is 20.8 Å². The molecule has 0 N–H and O–H groups in total. The number of hydrogen-bond acceptors (Lipinski definition) is 3. The molecule has 2 aliphatic rings. The average Bonchev–Trinajstić information content (AvgIpc) is 3.27. The van der Waals surface area contributed by atoms with Crippen molar-refractivity contribution in [2.45, 2.75) is 38.6 Å². The van der Waals surface area contributed by atoms with Gasteiger partial charge in [0.15, 0.2) is 0 Å². The predicted molar refractivity (Wildman–Crippen MR) is 105 cm³/mol. The van der Waals surface area contributed by atoms with Crippen molar-refractivity contribution in [3.05, 3.63) is 34.3 Å². The average molecular weight is 407 g/mol. The minimum Gasteiger partial charge on any atom is -0.493 e. The molecule has 0 aliphatic carbocycles. The summed E-state index contributed by atoms with van der Waals surface area (Å²) in [4.78, 5) is 17.3. The van der Waals surface area contributed by atoms with Crippen LogP contribution in [0.25, 0.3) is 6.08 Å². The van der Waals surface area contributed by atoms with Gasteiger partial charge in [0.1, 0.15) is 5.75 Å². The lowest BCUT2D eigenvalue weighted by atomic mass is 10.1. The summed E-state index contributed by atoms with van der Waals surface area (Å²) in [7, 11) is 0. The lowest BCUT2D eigenvalue weighted by molar-refractivity contribution is -0.127.